The molecule has 0 saturated heterocycles. The van der Waals surface area contributed by atoms with Crippen molar-refractivity contribution < 1.29 is 31.9 Å². The maximum absolute atomic E-state index is 13.3. The van der Waals surface area contributed by atoms with E-state index in [9.17, 15) is 26.7 Å². The molecule has 0 spiro atoms. The molecule has 128 valence electrons. The average Bonchev–Trinajstić information content (AvgIpc) is 3.04. The maximum atomic E-state index is 13.3. The smallest absolute Gasteiger partial charge is 0.418 e. The van der Waals surface area contributed by atoms with Gasteiger partial charge < -0.3 is 5.11 Å². The number of pyridine rings is 1. The van der Waals surface area contributed by atoms with E-state index < -0.39 is 40.8 Å². The third kappa shape index (κ3) is 2.92. The number of aryl methyl sites for hydroxylation is 1. The van der Waals surface area contributed by atoms with Crippen LogP contribution < -0.4 is 0 Å². The van der Waals surface area contributed by atoms with Crippen LogP contribution in [0.4, 0.5) is 22.0 Å². The number of hydrogen-bond acceptors (Lipinski definition) is 2. The van der Waals surface area contributed by atoms with Crippen molar-refractivity contribution in [3.8, 4) is 0 Å². The number of alkyl halides is 5. The second-order valence-corrected chi connectivity index (χ2v) is 6.03. The van der Waals surface area contributed by atoms with Gasteiger partial charge in [-0.15, -0.1) is 0 Å². The van der Waals surface area contributed by atoms with Crippen molar-refractivity contribution in [2.75, 3.05) is 0 Å². The van der Waals surface area contributed by atoms with Gasteiger partial charge in [0.1, 0.15) is 5.69 Å². The van der Waals surface area contributed by atoms with Gasteiger partial charge in [0.05, 0.1) is 11.1 Å². The molecule has 0 amide bonds. The Morgan fingerprint density at radius 3 is 2.46 bits per heavy atom. The standard InChI is InChI=1S/C16H12F5NO2/c1-7-2-12(14(23)24)22-13-10(7)4-8(3-9-6-15(9,17)18)5-11(13)16(19,20)21/h2,4-5,9H,3,6H2,1H3,(H,23,24). The second-order valence-electron chi connectivity index (χ2n) is 6.03. The zero-order valence-electron chi connectivity index (χ0n) is 12.4. The normalized spacial score (nSPS) is 19.5. The molecular weight excluding hydrogens is 333 g/mol. The van der Waals surface area contributed by atoms with Gasteiger partial charge in [0, 0.05) is 17.7 Å². The van der Waals surface area contributed by atoms with E-state index in [1.165, 1.54) is 19.1 Å². The van der Waals surface area contributed by atoms with Gasteiger partial charge in [-0.1, -0.05) is 0 Å². The molecule has 8 heteroatoms. The van der Waals surface area contributed by atoms with Crippen molar-refractivity contribution in [1.29, 1.82) is 0 Å². The molecule has 2 aromatic rings. The minimum Gasteiger partial charge on any atom is -0.477 e. The third-order valence-electron chi connectivity index (χ3n) is 4.14. The Balaban J connectivity index is 2.19. The molecular formula is C16H12F5NO2. The second kappa shape index (κ2) is 5.12. The molecule has 1 aromatic carbocycles. The number of carboxylic acid groups (broad SMARTS) is 1. The fraction of sp³-hybridized carbons (Fsp3) is 0.375. The summed E-state index contributed by atoms with van der Waals surface area (Å²) in [7, 11) is 0. The van der Waals surface area contributed by atoms with Crippen molar-refractivity contribution in [3.63, 3.8) is 0 Å². The minimum atomic E-state index is -4.77. The Bertz CT molecular complexity index is 844. The van der Waals surface area contributed by atoms with Gasteiger partial charge in [-0.25, -0.2) is 18.6 Å². The fourth-order valence-corrected chi connectivity index (χ4v) is 2.77. The van der Waals surface area contributed by atoms with E-state index in [0.29, 0.717) is 5.56 Å². The number of nitrogens with zero attached hydrogens (tertiary/aromatic N) is 1. The summed E-state index contributed by atoms with van der Waals surface area (Å²) in [5.41, 5.74) is -1.64. The molecule has 1 saturated carbocycles. The summed E-state index contributed by atoms with van der Waals surface area (Å²) < 4.78 is 66.1. The quantitative estimate of drug-likeness (QED) is 0.836. The minimum absolute atomic E-state index is 0.119. The van der Waals surface area contributed by atoms with Gasteiger partial charge in [-0.2, -0.15) is 13.2 Å². The Kier molecular flexibility index (Phi) is 3.54. The van der Waals surface area contributed by atoms with Gasteiger partial charge in [0.25, 0.3) is 5.92 Å². The lowest BCUT2D eigenvalue weighted by Crippen LogP contribution is -2.11. The number of fused-ring (bicyclic) bond motifs is 1. The number of halogens is 5. The van der Waals surface area contributed by atoms with Crippen molar-refractivity contribution in [2.24, 2.45) is 5.92 Å². The van der Waals surface area contributed by atoms with Gasteiger partial charge in [0.15, 0.2) is 0 Å². The van der Waals surface area contributed by atoms with Gasteiger partial charge in [0.2, 0.25) is 0 Å². The Labute approximate surface area is 133 Å². The first-order chi connectivity index (χ1) is 11.0. The largest absolute Gasteiger partial charge is 0.477 e. The lowest BCUT2D eigenvalue weighted by atomic mass is 9.98. The predicted octanol–water partition coefficient (Wildman–Crippen LogP) is 4.46. The topological polar surface area (TPSA) is 50.2 Å². The highest BCUT2D eigenvalue weighted by atomic mass is 19.4. The summed E-state index contributed by atoms with van der Waals surface area (Å²) in [6.07, 6.45) is -5.26. The Hall–Kier alpha value is -2.25. The fourth-order valence-electron chi connectivity index (χ4n) is 2.77. The number of carbonyl (C=O) groups is 1. The van der Waals surface area contributed by atoms with Gasteiger partial charge in [-0.05, 0) is 42.7 Å². The summed E-state index contributed by atoms with van der Waals surface area (Å²) in [6.45, 7) is 1.46. The first kappa shape index (κ1) is 16.6. The summed E-state index contributed by atoms with van der Waals surface area (Å²) in [6, 6.07) is 3.34. The highest BCUT2D eigenvalue weighted by Gasteiger charge is 2.56. The molecule has 1 N–H and O–H groups in total. The molecule has 24 heavy (non-hydrogen) atoms. The number of carboxylic acids is 1. The van der Waals surface area contributed by atoms with E-state index in [1.54, 1.807) is 0 Å². The molecule has 1 atom stereocenters. The average molecular weight is 345 g/mol. The summed E-state index contributed by atoms with van der Waals surface area (Å²) in [5.74, 6) is -5.22. The van der Waals surface area contributed by atoms with Crippen molar-refractivity contribution in [3.05, 3.63) is 40.6 Å². The van der Waals surface area contributed by atoms with Crippen LogP contribution in [0.1, 0.15) is 33.6 Å². The van der Waals surface area contributed by atoms with E-state index in [-0.39, 0.29) is 23.8 Å². The summed E-state index contributed by atoms with van der Waals surface area (Å²) >= 11 is 0. The molecule has 0 radical (unpaired) electrons. The van der Waals surface area contributed by atoms with Crippen LogP contribution >= 0.6 is 0 Å². The molecule has 3 nitrogen and oxygen atoms in total. The lowest BCUT2D eigenvalue weighted by molar-refractivity contribution is -0.136. The van der Waals surface area contributed by atoms with E-state index in [1.807, 2.05) is 0 Å². The van der Waals surface area contributed by atoms with Crippen molar-refractivity contribution in [1.82, 2.24) is 4.98 Å². The van der Waals surface area contributed by atoms with Crippen LogP contribution in [-0.2, 0) is 12.6 Å². The highest BCUT2D eigenvalue weighted by molar-refractivity contribution is 5.93. The van der Waals surface area contributed by atoms with Crippen LogP contribution in [-0.4, -0.2) is 22.0 Å². The maximum Gasteiger partial charge on any atom is 0.418 e. The molecule has 0 aliphatic heterocycles. The number of aromatic carboxylic acids is 1. The van der Waals surface area contributed by atoms with Crippen molar-refractivity contribution >= 4 is 16.9 Å². The molecule has 3 rings (SSSR count). The van der Waals surface area contributed by atoms with E-state index in [4.69, 9.17) is 5.11 Å². The monoisotopic (exact) mass is 345 g/mol. The SMILES string of the molecule is Cc1cc(C(=O)O)nc2c(C(F)(F)F)cc(CC3CC3(F)F)cc12. The number of rotatable bonds is 3. The zero-order valence-corrected chi connectivity index (χ0v) is 12.4. The summed E-state index contributed by atoms with van der Waals surface area (Å²) in [4.78, 5) is 14.6. The Morgan fingerprint density at radius 2 is 1.96 bits per heavy atom. The van der Waals surface area contributed by atoms with E-state index in [0.717, 1.165) is 6.07 Å². The highest BCUT2D eigenvalue weighted by Crippen LogP contribution is 2.50. The molecule has 1 unspecified atom stereocenters. The molecule has 1 fully saturated rings. The van der Waals surface area contributed by atoms with Crippen LogP contribution in [0.2, 0.25) is 0 Å². The van der Waals surface area contributed by atoms with Crippen LogP contribution in [0, 0.1) is 12.8 Å². The van der Waals surface area contributed by atoms with Gasteiger partial charge in [-0.3, -0.25) is 0 Å². The molecule has 0 bridgehead atoms. The first-order valence-electron chi connectivity index (χ1n) is 7.11. The summed E-state index contributed by atoms with van der Waals surface area (Å²) in [5, 5.41) is 9.09. The number of hydrogen-bond donors (Lipinski definition) is 1. The van der Waals surface area contributed by atoms with Crippen LogP contribution in [0.15, 0.2) is 18.2 Å². The molecule has 1 aromatic heterocycles. The molecule has 1 heterocycles. The predicted molar refractivity (Wildman–Crippen MR) is 75.2 cm³/mol. The van der Waals surface area contributed by atoms with Gasteiger partial charge >= 0.3 is 12.1 Å². The van der Waals surface area contributed by atoms with E-state index in [2.05, 4.69) is 4.98 Å². The zero-order chi connectivity index (χ0) is 17.9. The lowest BCUT2D eigenvalue weighted by Gasteiger charge is -2.14. The van der Waals surface area contributed by atoms with Crippen molar-refractivity contribution in [2.45, 2.75) is 31.9 Å². The number of benzene rings is 1. The van der Waals surface area contributed by atoms with Crippen LogP contribution in [0.25, 0.3) is 10.9 Å². The number of aromatic nitrogens is 1. The first-order valence-corrected chi connectivity index (χ1v) is 7.11. The molecule has 1 aliphatic carbocycles. The third-order valence-corrected chi connectivity index (χ3v) is 4.14. The molecule has 1 aliphatic rings. The Morgan fingerprint density at radius 1 is 1.33 bits per heavy atom. The van der Waals surface area contributed by atoms with E-state index >= 15 is 0 Å². The van der Waals surface area contributed by atoms with Crippen LogP contribution in [0.3, 0.4) is 0 Å². The van der Waals surface area contributed by atoms with Crippen LogP contribution in [0.5, 0.6) is 0 Å².